The summed E-state index contributed by atoms with van der Waals surface area (Å²) < 4.78 is 26.1. The smallest absolute Gasteiger partial charge is 0.327 e. The standard InChI is InChI=1S/C12H10F2N2O3/c1-2-4-9(11(17)18)16-12(19)15-8-6-3-5-7(13)10(8)14/h1,3,5-6,9H,4H2,(H,17,18)(H2,15,16,19). The van der Waals surface area contributed by atoms with Crippen molar-refractivity contribution in [2.24, 2.45) is 0 Å². The number of anilines is 1. The third kappa shape index (κ3) is 3.96. The first-order valence-electron chi connectivity index (χ1n) is 5.13. The Morgan fingerprint density at radius 2 is 2.11 bits per heavy atom. The average Bonchev–Trinajstić information content (AvgIpc) is 2.34. The van der Waals surface area contributed by atoms with Gasteiger partial charge in [-0.2, -0.15) is 0 Å². The molecule has 0 heterocycles. The normalized spacial score (nSPS) is 11.2. The van der Waals surface area contributed by atoms with Crippen molar-refractivity contribution in [1.29, 1.82) is 0 Å². The molecular weight excluding hydrogens is 258 g/mol. The second-order valence-electron chi connectivity index (χ2n) is 3.50. The van der Waals surface area contributed by atoms with Crippen molar-refractivity contribution in [3.8, 4) is 12.3 Å². The zero-order valence-electron chi connectivity index (χ0n) is 9.61. The SMILES string of the molecule is C#CCC(NC(=O)Nc1cccc(F)c1F)C(=O)O. The van der Waals surface area contributed by atoms with Gasteiger partial charge in [0.15, 0.2) is 11.6 Å². The van der Waals surface area contributed by atoms with Gasteiger partial charge in [0.25, 0.3) is 0 Å². The van der Waals surface area contributed by atoms with E-state index in [1.54, 1.807) is 0 Å². The summed E-state index contributed by atoms with van der Waals surface area (Å²) in [7, 11) is 0. The van der Waals surface area contributed by atoms with Crippen molar-refractivity contribution in [2.75, 3.05) is 5.32 Å². The zero-order valence-corrected chi connectivity index (χ0v) is 9.61. The van der Waals surface area contributed by atoms with E-state index in [-0.39, 0.29) is 6.42 Å². The van der Waals surface area contributed by atoms with E-state index in [0.717, 1.165) is 12.1 Å². The molecule has 0 saturated carbocycles. The van der Waals surface area contributed by atoms with Crippen LogP contribution in [0.5, 0.6) is 0 Å². The predicted octanol–water partition coefficient (Wildman–Crippen LogP) is 1.56. The number of halogens is 2. The molecule has 1 atom stereocenters. The van der Waals surface area contributed by atoms with Gasteiger partial charge < -0.3 is 15.7 Å². The maximum atomic E-state index is 13.2. The molecule has 0 aliphatic rings. The number of hydrogen-bond donors (Lipinski definition) is 3. The molecule has 19 heavy (non-hydrogen) atoms. The molecule has 1 aromatic carbocycles. The van der Waals surface area contributed by atoms with Crippen LogP contribution in [0.4, 0.5) is 19.3 Å². The number of carboxylic acid groups (broad SMARTS) is 1. The lowest BCUT2D eigenvalue weighted by atomic mass is 10.2. The number of terminal acetylenes is 1. The van der Waals surface area contributed by atoms with Crippen molar-refractivity contribution in [2.45, 2.75) is 12.5 Å². The van der Waals surface area contributed by atoms with Crippen molar-refractivity contribution in [3.63, 3.8) is 0 Å². The lowest BCUT2D eigenvalue weighted by molar-refractivity contribution is -0.139. The first-order chi connectivity index (χ1) is 8.95. The minimum absolute atomic E-state index is 0.228. The maximum absolute atomic E-state index is 13.2. The van der Waals surface area contributed by atoms with Crippen molar-refractivity contribution in [3.05, 3.63) is 29.8 Å². The van der Waals surface area contributed by atoms with Gasteiger partial charge in [-0.25, -0.2) is 18.4 Å². The lowest BCUT2D eigenvalue weighted by Gasteiger charge is -2.13. The molecule has 0 aromatic heterocycles. The molecule has 0 saturated heterocycles. The fourth-order valence-electron chi connectivity index (χ4n) is 1.23. The number of carbonyl (C=O) groups excluding carboxylic acids is 1. The Morgan fingerprint density at radius 3 is 2.68 bits per heavy atom. The van der Waals surface area contributed by atoms with E-state index >= 15 is 0 Å². The van der Waals surface area contributed by atoms with E-state index in [4.69, 9.17) is 11.5 Å². The summed E-state index contributed by atoms with van der Waals surface area (Å²) in [5, 5.41) is 12.8. The van der Waals surface area contributed by atoms with Gasteiger partial charge in [-0.1, -0.05) is 6.07 Å². The first-order valence-corrected chi connectivity index (χ1v) is 5.13. The molecule has 100 valence electrons. The lowest BCUT2D eigenvalue weighted by Crippen LogP contribution is -2.42. The Balaban J connectivity index is 2.72. The first kappa shape index (κ1) is 14.4. The van der Waals surface area contributed by atoms with Crippen LogP contribution >= 0.6 is 0 Å². The molecule has 0 bridgehead atoms. The topological polar surface area (TPSA) is 78.4 Å². The number of aliphatic carboxylic acids is 1. The predicted molar refractivity (Wildman–Crippen MR) is 63.4 cm³/mol. The summed E-state index contributed by atoms with van der Waals surface area (Å²) in [5.74, 6) is -1.61. The summed E-state index contributed by atoms with van der Waals surface area (Å²) in [6.07, 6.45) is 4.72. The zero-order chi connectivity index (χ0) is 14.4. The number of nitrogens with one attached hydrogen (secondary N) is 2. The third-order valence-electron chi connectivity index (χ3n) is 2.13. The van der Waals surface area contributed by atoms with Gasteiger partial charge in [0.1, 0.15) is 6.04 Å². The number of amides is 2. The van der Waals surface area contributed by atoms with E-state index in [1.165, 1.54) is 6.07 Å². The van der Waals surface area contributed by atoms with E-state index in [2.05, 4.69) is 5.92 Å². The molecule has 0 fully saturated rings. The second-order valence-corrected chi connectivity index (χ2v) is 3.50. The summed E-state index contributed by atoms with van der Waals surface area (Å²) in [5.41, 5.74) is -0.401. The number of hydrogen-bond acceptors (Lipinski definition) is 2. The summed E-state index contributed by atoms with van der Waals surface area (Å²) in [6.45, 7) is 0. The molecule has 0 aliphatic heterocycles. The number of carboxylic acids is 1. The Bertz CT molecular complexity index is 540. The fourth-order valence-corrected chi connectivity index (χ4v) is 1.23. The molecule has 0 aliphatic carbocycles. The molecule has 1 unspecified atom stereocenters. The highest BCUT2D eigenvalue weighted by Crippen LogP contribution is 2.16. The van der Waals surface area contributed by atoms with E-state index in [1.807, 2.05) is 10.6 Å². The highest BCUT2D eigenvalue weighted by molar-refractivity contribution is 5.92. The highest BCUT2D eigenvalue weighted by Gasteiger charge is 2.19. The van der Waals surface area contributed by atoms with Gasteiger partial charge in [-0.15, -0.1) is 12.3 Å². The van der Waals surface area contributed by atoms with E-state index in [9.17, 15) is 18.4 Å². The van der Waals surface area contributed by atoms with Gasteiger partial charge in [-0.05, 0) is 12.1 Å². The van der Waals surface area contributed by atoms with Crippen LogP contribution in [0.3, 0.4) is 0 Å². The highest BCUT2D eigenvalue weighted by atomic mass is 19.2. The van der Waals surface area contributed by atoms with Gasteiger partial charge in [0, 0.05) is 6.42 Å². The van der Waals surface area contributed by atoms with Crippen LogP contribution in [-0.4, -0.2) is 23.1 Å². The van der Waals surface area contributed by atoms with Crippen LogP contribution in [-0.2, 0) is 4.79 Å². The van der Waals surface area contributed by atoms with E-state index in [0.29, 0.717) is 0 Å². The molecule has 3 N–H and O–H groups in total. The monoisotopic (exact) mass is 268 g/mol. The van der Waals surface area contributed by atoms with Gasteiger partial charge >= 0.3 is 12.0 Å². The van der Waals surface area contributed by atoms with E-state index < -0.39 is 35.4 Å². The van der Waals surface area contributed by atoms with Crippen LogP contribution < -0.4 is 10.6 Å². The quantitative estimate of drug-likeness (QED) is 0.725. The largest absolute Gasteiger partial charge is 0.480 e. The maximum Gasteiger partial charge on any atom is 0.327 e. The number of benzene rings is 1. The van der Waals surface area contributed by atoms with Crippen LogP contribution in [0.25, 0.3) is 0 Å². The van der Waals surface area contributed by atoms with Crippen molar-refractivity contribution >= 4 is 17.7 Å². The number of carbonyl (C=O) groups is 2. The molecule has 7 heteroatoms. The van der Waals surface area contributed by atoms with Gasteiger partial charge in [0.05, 0.1) is 5.69 Å². The summed E-state index contributed by atoms with van der Waals surface area (Å²) in [4.78, 5) is 22.1. The van der Waals surface area contributed by atoms with Crippen LogP contribution in [0.15, 0.2) is 18.2 Å². The average molecular weight is 268 g/mol. The van der Waals surface area contributed by atoms with Gasteiger partial charge in [0.2, 0.25) is 0 Å². The van der Waals surface area contributed by atoms with Crippen molar-refractivity contribution in [1.82, 2.24) is 5.32 Å². The van der Waals surface area contributed by atoms with Crippen molar-refractivity contribution < 1.29 is 23.5 Å². The minimum atomic E-state index is -1.33. The third-order valence-corrected chi connectivity index (χ3v) is 2.13. The Labute approximate surface area is 107 Å². The molecule has 1 aromatic rings. The molecule has 5 nitrogen and oxygen atoms in total. The molecule has 2 amide bonds. The number of urea groups is 1. The fraction of sp³-hybridized carbons (Fsp3) is 0.167. The minimum Gasteiger partial charge on any atom is -0.480 e. The number of rotatable bonds is 4. The second kappa shape index (κ2) is 6.35. The Morgan fingerprint density at radius 1 is 1.42 bits per heavy atom. The van der Waals surface area contributed by atoms with Crippen LogP contribution in [0.2, 0.25) is 0 Å². The van der Waals surface area contributed by atoms with Crippen LogP contribution in [0, 0.1) is 24.0 Å². The summed E-state index contributed by atoms with van der Waals surface area (Å²) in [6, 6.07) is 0.921. The molecule has 0 radical (unpaired) electrons. The van der Waals surface area contributed by atoms with Gasteiger partial charge in [-0.3, -0.25) is 0 Å². The molecule has 1 rings (SSSR count). The Kier molecular flexibility index (Phi) is 4.83. The van der Waals surface area contributed by atoms with Crippen LogP contribution in [0.1, 0.15) is 6.42 Å². The molecular formula is C12H10F2N2O3. The molecule has 0 spiro atoms. The Hall–Kier alpha value is -2.62. The summed E-state index contributed by atoms with van der Waals surface area (Å²) >= 11 is 0.